The number of rotatable bonds is 4. The summed E-state index contributed by atoms with van der Waals surface area (Å²) in [5.41, 5.74) is 0.381. The number of hydrogen-bond donors (Lipinski definition) is 2. The number of amides is 2. The molecule has 1 aromatic carbocycles. The first-order chi connectivity index (χ1) is 9.58. The lowest BCUT2D eigenvalue weighted by Crippen LogP contribution is -2.27. The summed E-state index contributed by atoms with van der Waals surface area (Å²) < 4.78 is 12.9. The first kappa shape index (κ1) is 14.8. The van der Waals surface area contributed by atoms with Crippen LogP contribution in [0.3, 0.4) is 0 Å². The Morgan fingerprint density at radius 2 is 2.05 bits per heavy atom. The van der Waals surface area contributed by atoms with Gasteiger partial charge in [-0.05, 0) is 36.8 Å². The van der Waals surface area contributed by atoms with Crippen LogP contribution in [-0.2, 0) is 13.0 Å². The third-order valence-corrected chi connectivity index (χ3v) is 4.21. The molecule has 0 aliphatic heterocycles. The Bertz CT molecular complexity index is 615. The van der Waals surface area contributed by atoms with Crippen molar-refractivity contribution < 1.29 is 9.18 Å². The molecule has 1 aromatic heterocycles. The van der Waals surface area contributed by atoms with Crippen LogP contribution in [0.1, 0.15) is 16.7 Å². The minimum atomic E-state index is -0.438. The molecule has 0 bridgehead atoms. The number of hydrogen-bond acceptors (Lipinski definition) is 2. The molecular formula is C14H14ClFN2OS. The van der Waals surface area contributed by atoms with E-state index in [2.05, 4.69) is 23.6 Å². The van der Waals surface area contributed by atoms with E-state index in [0.717, 1.165) is 17.4 Å². The molecule has 0 aliphatic rings. The maximum absolute atomic E-state index is 12.9. The quantitative estimate of drug-likeness (QED) is 0.862. The Balaban J connectivity index is 1.89. The van der Waals surface area contributed by atoms with Gasteiger partial charge in [0.1, 0.15) is 5.82 Å². The normalized spacial score (nSPS) is 10.3. The smallest absolute Gasteiger partial charge is 0.319 e. The van der Waals surface area contributed by atoms with Crippen molar-refractivity contribution in [3.8, 4) is 0 Å². The fourth-order valence-electron chi connectivity index (χ4n) is 1.63. The maximum Gasteiger partial charge on any atom is 0.319 e. The van der Waals surface area contributed by atoms with Gasteiger partial charge in [0.05, 0.1) is 17.3 Å². The number of carbonyl (C=O) groups excluding carboxylic acids is 1. The molecular weight excluding hydrogens is 299 g/mol. The minimum Gasteiger partial charge on any atom is -0.333 e. The van der Waals surface area contributed by atoms with Gasteiger partial charge in [-0.2, -0.15) is 0 Å². The molecule has 2 aromatic rings. The Hall–Kier alpha value is -1.59. The van der Waals surface area contributed by atoms with Crippen molar-refractivity contribution in [1.82, 2.24) is 5.32 Å². The Labute approximate surface area is 125 Å². The number of nitrogens with one attached hydrogen (secondary N) is 2. The molecule has 3 nitrogen and oxygen atoms in total. The second-order valence-electron chi connectivity index (χ2n) is 4.15. The van der Waals surface area contributed by atoms with Crippen LogP contribution in [-0.4, -0.2) is 6.03 Å². The third-order valence-electron chi connectivity index (χ3n) is 2.67. The van der Waals surface area contributed by atoms with Crippen LogP contribution < -0.4 is 10.6 Å². The molecule has 0 saturated heterocycles. The third kappa shape index (κ3) is 3.95. The molecule has 106 valence electrons. The molecule has 1 heterocycles. The number of aryl methyl sites for hydroxylation is 1. The number of thiophene rings is 1. The molecule has 0 fully saturated rings. The van der Waals surface area contributed by atoms with E-state index in [0.29, 0.717) is 12.2 Å². The van der Waals surface area contributed by atoms with Crippen LogP contribution in [0.5, 0.6) is 0 Å². The fraction of sp³-hybridized carbons (Fsp3) is 0.214. The zero-order valence-electron chi connectivity index (χ0n) is 10.9. The molecule has 0 spiro atoms. The summed E-state index contributed by atoms with van der Waals surface area (Å²) in [5, 5.41) is 5.49. The largest absolute Gasteiger partial charge is 0.333 e. The van der Waals surface area contributed by atoms with Gasteiger partial charge >= 0.3 is 6.03 Å². The van der Waals surface area contributed by atoms with Crippen molar-refractivity contribution >= 4 is 34.7 Å². The van der Waals surface area contributed by atoms with Crippen LogP contribution in [0, 0.1) is 5.82 Å². The van der Waals surface area contributed by atoms with Crippen LogP contribution in [0.15, 0.2) is 30.3 Å². The van der Waals surface area contributed by atoms with Crippen molar-refractivity contribution in [3.05, 3.63) is 50.9 Å². The highest BCUT2D eigenvalue weighted by Gasteiger charge is 2.07. The molecule has 0 radical (unpaired) electrons. The second kappa shape index (κ2) is 6.72. The van der Waals surface area contributed by atoms with Crippen LogP contribution in [0.4, 0.5) is 14.9 Å². The molecule has 0 aliphatic carbocycles. The standard InChI is InChI=1S/C14H14ClFN2OS/c1-2-10-4-5-11(20-10)8-17-14(19)18-13-6-3-9(16)7-12(13)15/h3-7H,2,8H2,1H3,(H2,17,18,19). The van der Waals surface area contributed by atoms with Gasteiger partial charge in [-0.3, -0.25) is 0 Å². The van der Waals surface area contributed by atoms with Crippen molar-refractivity contribution in [3.63, 3.8) is 0 Å². The van der Waals surface area contributed by atoms with Crippen molar-refractivity contribution in [1.29, 1.82) is 0 Å². The topological polar surface area (TPSA) is 41.1 Å². The summed E-state index contributed by atoms with van der Waals surface area (Å²) in [6, 6.07) is 7.51. The van der Waals surface area contributed by atoms with E-state index < -0.39 is 5.82 Å². The molecule has 0 unspecified atom stereocenters. The van der Waals surface area contributed by atoms with Crippen LogP contribution in [0.2, 0.25) is 5.02 Å². The Morgan fingerprint density at radius 1 is 1.30 bits per heavy atom. The first-order valence-electron chi connectivity index (χ1n) is 6.16. The minimum absolute atomic E-state index is 0.171. The van der Waals surface area contributed by atoms with Gasteiger partial charge in [0.15, 0.2) is 0 Å². The van der Waals surface area contributed by atoms with E-state index in [-0.39, 0.29) is 11.1 Å². The monoisotopic (exact) mass is 312 g/mol. The second-order valence-corrected chi connectivity index (χ2v) is 5.81. The lowest BCUT2D eigenvalue weighted by molar-refractivity contribution is 0.252. The number of halogens is 2. The molecule has 6 heteroatoms. The van der Waals surface area contributed by atoms with Crippen molar-refractivity contribution in [2.24, 2.45) is 0 Å². The van der Waals surface area contributed by atoms with E-state index in [4.69, 9.17) is 11.6 Å². The van der Waals surface area contributed by atoms with Gasteiger partial charge in [0.2, 0.25) is 0 Å². The molecule has 2 rings (SSSR count). The van der Waals surface area contributed by atoms with E-state index >= 15 is 0 Å². The number of urea groups is 1. The number of anilines is 1. The fourth-order valence-corrected chi connectivity index (χ4v) is 2.74. The summed E-state index contributed by atoms with van der Waals surface area (Å²) >= 11 is 7.50. The highest BCUT2D eigenvalue weighted by molar-refractivity contribution is 7.11. The van der Waals surface area contributed by atoms with Crippen molar-refractivity contribution in [2.45, 2.75) is 19.9 Å². The molecule has 2 amide bonds. The van der Waals surface area contributed by atoms with E-state index in [1.807, 2.05) is 6.07 Å². The van der Waals surface area contributed by atoms with Gasteiger partial charge in [-0.1, -0.05) is 18.5 Å². The highest BCUT2D eigenvalue weighted by atomic mass is 35.5. The van der Waals surface area contributed by atoms with Gasteiger partial charge in [0, 0.05) is 9.75 Å². The predicted octanol–water partition coefficient (Wildman–Crippen LogP) is 4.42. The molecule has 0 saturated carbocycles. The van der Waals surface area contributed by atoms with Gasteiger partial charge in [-0.15, -0.1) is 11.3 Å². The summed E-state index contributed by atoms with van der Waals surface area (Å²) in [5.74, 6) is -0.438. The van der Waals surface area contributed by atoms with E-state index in [9.17, 15) is 9.18 Å². The number of carbonyl (C=O) groups is 1. The summed E-state index contributed by atoms with van der Waals surface area (Å²) in [4.78, 5) is 14.1. The first-order valence-corrected chi connectivity index (χ1v) is 7.35. The van der Waals surface area contributed by atoms with Crippen molar-refractivity contribution in [2.75, 3.05) is 5.32 Å². The Morgan fingerprint density at radius 3 is 2.70 bits per heavy atom. The highest BCUT2D eigenvalue weighted by Crippen LogP contribution is 2.22. The van der Waals surface area contributed by atoms with Crippen LogP contribution in [0.25, 0.3) is 0 Å². The van der Waals surface area contributed by atoms with E-state index in [1.165, 1.54) is 17.0 Å². The van der Waals surface area contributed by atoms with E-state index in [1.54, 1.807) is 11.3 Å². The van der Waals surface area contributed by atoms with Gasteiger partial charge in [-0.25, -0.2) is 9.18 Å². The molecule has 0 atom stereocenters. The summed E-state index contributed by atoms with van der Waals surface area (Å²) in [7, 11) is 0. The molecule has 2 N–H and O–H groups in total. The lowest BCUT2D eigenvalue weighted by atomic mass is 10.3. The Kier molecular flexibility index (Phi) is 4.98. The lowest BCUT2D eigenvalue weighted by Gasteiger charge is -2.08. The summed E-state index contributed by atoms with van der Waals surface area (Å²) in [6.07, 6.45) is 0.988. The maximum atomic E-state index is 12.9. The summed E-state index contributed by atoms with van der Waals surface area (Å²) in [6.45, 7) is 2.54. The SMILES string of the molecule is CCc1ccc(CNC(=O)Nc2ccc(F)cc2Cl)s1. The zero-order valence-corrected chi connectivity index (χ0v) is 12.4. The van der Waals surface area contributed by atoms with Crippen LogP contribution >= 0.6 is 22.9 Å². The number of benzene rings is 1. The average molecular weight is 313 g/mol. The van der Waals surface area contributed by atoms with Gasteiger partial charge < -0.3 is 10.6 Å². The van der Waals surface area contributed by atoms with Gasteiger partial charge in [0.25, 0.3) is 0 Å². The molecule has 20 heavy (non-hydrogen) atoms. The predicted molar refractivity (Wildman–Crippen MR) is 81.0 cm³/mol. The zero-order chi connectivity index (χ0) is 14.5. The average Bonchev–Trinajstić information content (AvgIpc) is 2.88.